The highest BCUT2D eigenvalue weighted by Gasteiger charge is 2.17. The van der Waals surface area contributed by atoms with Crippen molar-refractivity contribution < 1.29 is 0 Å². The first-order valence-electron chi connectivity index (χ1n) is 7.61. The summed E-state index contributed by atoms with van der Waals surface area (Å²) >= 11 is 0. The maximum atomic E-state index is 4.06. The lowest BCUT2D eigenvalue weighted by atomic mass is 9.94. The molecule has 0 saturated heterocycles. The number of likely N-dealkylation sites (N-methyl/N-ethyl adjacent to an activating group) is 1. The predicted octanol–water partition coefficient (Wildman–Crippen LogP) is 3.00. The highest BCUT2D eigenvalue weighted by atomic mass is 15.1. The summed E-state index contributed by atoms with van der Waals surface area (Å²) in [6.07, 6.45) is 10.8. The molecule has 3 nitrogen and oxygen atoms in total. The van der Waals surface area contributed by atoms with Crippen LogP contribution in [0.25, 0.3) is 0 Å². The van der Waals surface area contributed by atoms with Crippen molar-refractivity contribution in [2.24, 2.45) is 0 Å². The third-order valence-corrected chi connectivity index (χ3v) is 4.32. The number of nitrogens with zero attached hydrogens (tertiary/aromatic N) is 2. The number of rotatable bonds is 6. The van der Waals surface area contributed by atoms with Gasteiger partial charge in [0.05, 0.1) is 0 Å². The fourth-order valence-corrected chi connectivity index (χ4v) is 2.93. The summed E-state index contributed by atoms with van der Waals surface area (Å²) in [5, 5.41) is 3.60. The van der Waals surface area contributed by atoms with Crippen molar-refractivity contribution in [2.45, 2.75) is 51.1 Å². The molecule has 0 radical (unpaired) electrons. The van der Waals surface area contributed by atoms with Crippen LogP contribution in [-0.2, 0) is 0 Å². The Morgan fingerprint density at radius 2 is 1.95 bits per heavy atom. The molecule has 1 aromatic heterocycles. The highest BCUT2D eigenvalue weighted by Crippen LogP contribution is 2.21. The van der Waals surface area contributed by atoms with Crippen molar-refractivity contribution in [1.82, 2.24) is 15.2 Å². The molecular weight excluding hydrogens is 234 g/mol. The molecule has 1 heterocycles. The number of aromatic nitrogens is 1. The van der Waals surface area contributed by atoms with Gasteiger partial charge in [-0.3, -0.25) is 4.98 Å². The first kappa shape index (κ1) is 14.5. The van der Waals surface area contributed by atoms with E-state index in [2.05, 4.69) is 41.3 Å². The van der Waals surface area contributed by atoms with Crippen LogP contribution < -0.4 is 5.32 Å². The first-order chi connectivity index (χ1) is 9.27. The summed E-state index contributed by atoms with van der Waals surface area (Å²) in [6, 6.07) is 5.39. The summed E-state index contributed by atoms with van der Waals surface area (Å²) < 4.78 is 0. The molecule has 3 heteroatoms. The lowest BCUT2D eigenvalue weighted by molar-refractivity contribution is 0.191. The van der Waals surface area contributed by atoms with Crippen molar-refractivity contribution in [1.29, 1.82) is 0 Å². The Kier molecular flexibility index (Phi) is 5.80. The Hall–Kier alpha value is -0.930. The molecule has 1 unspecified atom stereocenters. The molecule has 2 rings (SSSR count). The zero-order valence-corrected chi connectivity index (χ0v) is 12.3. The Morgan fingerprint density at radius 1 is 1.26 bits per heavy atom. The minimum absolute atomic E-state index is 0.405. The summed E-state index contributed by atoms with van der Waals surface area (Å²) in [4.78, 5) is 6.59. The third kappa shape index (κ3) is 4.59. The average molecular weight is 261 g/mol. The maximum absolute atomic E-state index is 4.06. The molecule has 1 atom stereocenters. The van der Waals surface area contributed by atoms with Crippen LogP contribution in [0.1, 0.15) is 50.6 Å². The van der Waals surface area contributed by atoms with Crippen molar-refractivity contribution in [3.05, 3.63) is 30.1 Å². The number of hydrogen-bond donors (Lipinski definition) is 1. The predicted molar refractivity (Wildman–Crippen MR) is 80.2 cm³/mol. The second-order valence-electron chi connectivity index (χ2n) is 5.73. The van der Waals surface area contributed by atoms with Gasteiger partial charge in [-0.05, 0) is 44.5 Å². The molecule has 1 saturated carbocycles. The van der Waals surface area contributed by atoms with Gasteiger partial charge in [0.2, 0.25) is 0 Å². The van der Waals surface area contributed by atoms with Crippen molar-refractivity contribution in [3.63, 3.8) is 0 Å². The zero-order valence-electron chi connectivity index (χ0n) is 12.3. The Labute approximate surface area is 117 Å². The molecule has 1 aliphatic rings. The summed E-state index contributed by atoms with van der Waals surface area (Å²) in [6.45, 7) is 4.41. The molecule has 1 fully saturated rings. The Balaban J connectivity index is 1.68. The molecule has 0 spiro atoms. The Morgan fingerprint density at radius 3 is 2.63 bits per heavy atom. The SMILES string of the molecule is CC(NCCN(C)C1CCCCC1)c1ccncc1. The molecular formula is C16H27N3. The van der Waals surface area contributed by atoms with E-state index < -0.39 is 0 Å². The standard InChI is InChI=1S/C16H27N3/c1-14(15-8-10-17-11-9-15)18-12-13-19(2)16-6-4-3-5-7-16/h8-11,14,16,18H,3-7,12-13H2,1-2H3. The van der Waals surface area contributed by atoms with Gasteiger partial charge in [0.15, 0.2) is 0 Å². The van der Waals surface area contributed by atoms with E-state index in [1.807, 2.05) is 12.4 Å². The molecule has 0 amide bonds. The summed E-state index contributed by atoms with van der Waals surface area (Å²) in [5.41, 5.74) is 1.32. The van der Waals surface area contributed by atoms with Crippen LogP contribution in [0.2, 0.25) is 0 Å². The lowest BCUT2D eigenvalue weighted by Gasteiger charge is -2.31. The smallest absolute Gasteiger partial charge is 0.0293 e. The van der Waals surface area contributed by atoms with Gasteiger partial charge >= 0.3 is 0 Å². The fraction of sp³-hybridized carbons (Fsp3) is 0.688. The van der Waals surface area contributed by atoms with E-state index in [9.17, 15) is 0 Å². The van der Waals surface area contributed by atoms with Crippen molar-refractivity contribution in [2.75, 3.05) is 20.1 Å². The van der Waals surface area contributed by atoms with E-state index in [1.54, 1.807) is 0 Å². The number of hydrogen-bond acceptors (Lipinski definition) is 3. The topological polar surface area (TPSA) is 28.2 Å². The van der Waals surface area contributed by atoms with E-state index >= 15 is 0 Å². The number of pyridine rings is 1. The van der Waals surface area contributed by atoms with Crippen LogP contribution in [0, 0.1) is 0 Å². The molecule has 19 heavy (non-hydrogen) atoms. The summed E-state index contributed by atoms with van der Waals surface area (Å²) in [5.74, 6) is 0. The minimum atomic E-state index is 0.405. The Bertz CT molecular complexity index is 346. The van der Waals surface area contributed by atoms with Crippen LogP contribution in [0.15, 0.2) is 24.5 Å². The van der Waals surface area contributed by atoms with Gasteiger partial charge in [0.1, 0.15) is 0 Å². The fourth-order valence-electron chi connectivity index (χ4n) is 2.93. The lowest BCUT2D eigenvalue weighted by Crippen LogP contribution is -2.38. The van der Waals surface area contributed by atoms with Crippen LogP contribution >= 0.6 is 0 Å². The molecule has 1 aliphatic carbocycles. The van der Waals surface area contributed by atoms with Gasteiger partial charge in [0.25, 0.3) is 0 Å². The minimum Gasteiger partial charge on any atom is -0.309 e. The quantitative estimate of drug-likeness (QED) is 0.853. The highest BCUT2D eigenvalue weighted by molar-refractivity contribution is 5.13. The second-order valence-corrected chi connectivity index (χ2v) is 5.73. The van der Waals surface area contributed by atoms with Crippen LogP contribution in [0.5, 0.6) is 0 Å². The van der Waals surface area contributed by atoms with E-state index in [4.69, 9.17) is 0 Å². The molecule has 0 aromatic carbocycles. The molecule has 1 aromatic rings. The van der Waals surface area contributed by atoms with Gasteiger partial charge in [-0.15, -0.1) is 0 Å². The zero-order chi connectivity index (χ0) is 13.5. The van der Waals surface area contributed by atoms with Gasteiger partial charge in [-0.1, -0.05) is 19.3 Å². The van der Waals surface area contributed by atoms with Gasteiger partial charge < -0.3 is 10.2 Å². The first-order valence-corrected chi connectivity index (χ1v) is 7.61. The van der Waals surface area contributed by atoms with Gasteiger partial charge in [0, 0.05) is 37.6 Å². The van der Waals surface area contributed by atoms with E-state index in [-0.39, 0.29) is 0 Å². The third-order valence-electron chi connectivity index (χ3n) is 4.32. The van der Waals surface area contributed by atoms with Crippen molar-refractivity contribution >= 4 is 0 Å². The van der Waals surface area contributed by atoms with Gasteiger partial charge in [-0.2, -0.15) is 0 Å². The maximum Gasteiger partial charge on any atom is 0.0293 e. The van der Waals surface area contributed by atoms with Crippen molar-refractivity contribution in [3.8, 4) is 0 Å². The number of nitrogens with one attached hydrogen (secondary N) is 1. The average Bonchev–Trinajstić information content (AvgIpc) is 2.49. The van der Waals surface area contributed by atoms with E-state index in [0.717, 1.165) is 19.1 Å². The second kappa shape index (κ2) is 7.61. The van der Waals surface area contributed by atoms with Crippen LogP contribution in [-0.4, -0.2) is 36.1 Å². The molecule has 0 bridgehead atoms. The molecule has 1 N–H and O–H groups in total. The van der Waals surface area contributed by atoms with Gasteiger partial charge in [-0.25, -0.2) is 0 Å². The van der Waals surface area contributed by atoms with E-state index in [0.29, 0.717) is 6.04 Å². The normalized spacial score (nSPS) is 18.7. The van der Waals surface area contributed by atoms with Crippen LogP contribution in [0.4, 0.5) is 0 Å². The molecule has 106 valence electrons. The van der Waals surface area contributed by atoms with E-state index in [1.165, 1.54) is 37.7 Å². The largest absolute Gasteiger partial charge is 0.309 e. The monoisotopic (exact) mass is 261 g/mol. The molecule has 0 aliphatic heterocycles. The van der Waals surface area contributed by atoms with Crippen LogP contribution in [0.3, 0.4) is 0 Å². The summed E-state index contributed by atoms with van der Waals surface area (Å²) in [7, 11) is 2.27.